The Hall–Kier alpha value is -3.87. The fourth-order valence-corrected chi connectivity index (χ4v) is 7.64. The van der Waals surface area contributed by atoms with E-state index in [1.165, 1.54) is 6.07 Å². The zero-order chi connectivity index (χ0) is 32.8. The highest BCUT2D eigenvalue weighted by Crippen LogP contribution is 2.37. The van der Waals surface area contributed by atoms with Crippen LogP contribution in [-0.2, 0) is 7.05 Å². The third-order valence-corrected chi connectivity index (χ3v) is 10.6. The zero-order valence-corrected chi connectivity index (χ0v) is 27.9. The van der Waals surface area contributed by atoms with Crippen molar-refractivity contribution in [3.63, 3.8) is 0 Å². The molecule has 1 saturated carbocycles. The number of nitrogens with zero attached hydrogens (tertiary/aromatic N) is 8. The molecule has 0 bridgehead atoms. The number of carbonyl (C=O) groups is 1. The van der Waals surface area contributed by atoms with E-state index in [1.54, 1.807) is 24.9 Å². The van der Waals surface area contributed by atoms with Crippen LogP contribution in [0, 0.1) is 19.7 Å². The maximum absolute atomic E-state index is 16.0. The van der Waals surface area contributed by atoms with E-state index in [0.717, 1.165) is 87.4 Å². The summed E-state index contributed by atoms with van der Waals surface area (Å²) >= 11 is 0. The van der Waals surface area contributed by atoms with E-state index in [4.69, 9.17) is 4.98 Å². The SMILES string of the molecule is Cc1cc(C(=O)Nc2nc3cc(N4CCC(N5CCN(C)CC5)CC4)ccc3n2C2CCC(O)CC2)c(F)c(-c2cnn(C)c2C)n1. The van der Waals surface area contributed by atoms with Crippen LogP contribution in [0.3, 0.4) is 0 Å². The Labute approximate surface area is 275 Å². The number of hydrogen-bond donors (Lipinski definition) is 2. The Kier molecular flexibility index (Phi) is 8.75. The fourth-order valence-electron chi connectivity index (χ4n) is 7.64. The second-order valence-electron chi connectivity index (χ2n) is 13.7. The minimum absolute atomic E-state index is 0.0570. The molecule has 1 amide bonds. The second kappa shape index (κ2) is 13.0. The number of benzene rings is 1. The highest BCUT2D eigenvalue weighted by atomic mass is 19.1. The van der Waals surface area contributed by atoms with Crippen LogP contribution in [0.2, 0.25) is 0 Å². The molecule has 5 heterocycles. The predicted octanol–water partition coefficient (Wildman–Crippen LogP) is 4.53. The van der Waals surface area contributed by atoms with Gasteiger partial charge in [0.15, 0.2) is 5.82 Å². The number of anilines is 2. The average molecular weight is 644 g/mol. The van der Waals surface area contributed by atoms with Gasteiger partial charge in [0.1, 0.15) is 5.69 Å². The van der Waals surface area contributed by atoms with Crippen molar-refractivity contribution in [3.05, 3.63) is 53.2 Å². The minimum Gasteiger partial charge on any atom is -0.393 e. The highest BCUT2D eigenvalue weighted by molar-refractivity contribution is 6.05. The molecule has 1 aliphatic carbocycles. The molecule has 4 aromatic rings. The van der Waals surface area contributed by atoms with Crippen LogP contribution in [0.5, 0.6) is 0 Å². The fraction of sp³-hybridized carbons (Fsp3) is 0.543. The molecular weight excluding hydrogens is 597 g/mol. The van der Waals surface area contributed by atoms with Crippen LogP contribution >= 0.6 is 0 Å². The molecule has 11 nitrogen and oxygen atoms in total. The van der Waals surface area contributed by atoms with E-state index in [-0.39, 0.29) is 23.4 Å². The van der Waals surface area contributed by atoms with E-state index in [9.17, 15) is 9.90 Å². The molecular formula is C35H46FN9O2. The Morgan fingerprint density at radius 3 is 2.32 bits per heavy atom. The van der Waals surface area contributed by atoms with E-state index in [1.807, 2.05) is 6.92 Å². The summed E-state index contributed by atoms with van der Waals surface area (Å²) in [5.74, 6) is -0.866. The molecule has 1 aromatic carbocycles. The van der Waals surface area contributed by atoms with Crippen LogP contribution in [0.1, 0.15) is 66.3 Å². The van der Waals surface area contributed by atoms with E-state index in [2.05, 4.69) is 59.9 Å². The Morgan fingerprint density at radius 2 is 1.64 bits per heavy atom. The molecule has 3 fully saturated rings. The summed E-state index contributed by atoms with van der Waals surface area (Å²) in [4.78, 5) is 30.7. The topological polar surface area (TPSA) is 108 Å². The van der Waals surface area contributed by atoms with Gasteiger partial charge >= 0.3 is 0 Å². The third kappa shape index (κ3) is 6.26. The Bertz CT molecular complexity index is 1760. The lowest BCUT2D eigenvalue weighted by molar-refractivity contribution is 0.0982. The number of aliphatic hydroxyl groups is 1. The summed E-state index contributed by atoms with van der Waals surface area (Å²) in [5.41, 5.74) is 4.71. The number of aromatic nitrogens is 5. The van der Waals surface area contributed by atoms with Gasteiger partial charge in [0.2, 0.25) is 5.95 Å². The van der Waals surface area contributed by atoms with Crippen LogP contribution < -0.4 is 10.2 Å². The summed E-state index contributed by atoms with van der Waals surface area (Å²) < 4.78 is 19.7. The van der Waals surface area contributed by atoms with Crippen molar-refractivity contribution in [2.75, 3.05) is 56.5 Å². The Morgan fingerprint density at radius 1 is 0.915 bits per heavy atom. The highest BCUT2D eigenvalue weighted by Gasteiger charge is 2.30. The van der Waals surface area contributed by atoms with Gasteiger partial charge in [-0.3, -0.25) is 19.7 Å². The normalized spacial score (nSPS) is 21.9. The van der Waals surface area contributed by atoms with Crippen molar-refractivity contribution in [2.24, 2.45) is 7.05 Å². The number of pyridine rings is 1. The van der Waals surface area contributed by atoms with Crippen molar-refractivity contribution in [2.45, 2.75) is 70.6 Å². The summed E-state index contributed by atoms with van der Waals surface area (Å²) in [6.45, 7) is 10.1. The van der Waals surface area contributed by atoms with Crippen molar-refractivity contribution >= 4 is 28.6 Å². The number of fused-ring (bicyclic) bond motifs is 1. The number of piperidine rings is 1. The molecule has 3 aliphatic rings. The molecule has 47 heavy (non-hydrogen) atoms. The number of likely N-dealkylation sites (N-methyl/N-ethyl adjacent to an activating group) is 1. The van der Waals surface area contributed by atoms with Crippen molar-refractivity contribution in [1.29, 1.82) is 0 Å². The number of nitrogens with one attached hydrogen (secondary N) is 1. The lowest BCUT2D eigenvalue weighted by atomic mass is 9.93. The van der Waals surface area contributed by atoms with Gasteiger partial charge in [-0.1, -0.05) is 0 Å². The first-order chi connectivity index (χ1) is 22.7. The summed E-state index contributed by atoms with van der Waals surface area (Å²) in [6.07, 6.45) is 6.44. The third-order valence-electron chi connectivity index (χ3n) is 10.6. The van der Waals surface area contributed by atoms with Crippen molar-refractivity contribution in [3.8, 4) is 11.3 Å². The molecule has 2 saturated heterocycles. The molecule has 0 radical (unpaired) electrons. The minimum atomic E-state index is -0.685. The number of amides is 1. The van der Waals surface area contributed by atoms with Crippen LogP contribution in [-0.4, -0.2) is 104 Å². The van der Waals surface area contributed by atoms with Crippen LogP contribution in [0.25, 0.3) is 22.3 Å². The quantitative estimate of drug-likeness (QED) is 0.316. The first-order valence-electron chi connectivity index (χ1n) is 17.0. The van der Waals surface area contributed by atoms with E-state index < -0.39 is 11.7 Å². The second-order valence-corrected chi connectivity index (χ2v) is 13.7. The molecule has 2 aliphatic heterocycles. The largest absolute Gasteiger partial charge is 0.393 e. The maximum Gasteiger partial charge on any atom is 0.261 e. The summed E-state index contributed by atoms with van der Waals surface area (Å²) in [7, 11) is 3.99. The molecule has 0 unspecified atom stereocenters. The lowest BCUT2D eigenvalue weighted by Crippen LogP contribution is -2.52. The molecule has 250 valence electrons. The summed E-state index contributed by atoms with van der Waals surface area (Å²) in [5, 5.41) is 17.4. The van der Waals surface area contributed by atoms with Gasteiger partial charge in [0.05, 0.1) is 28.9 Å². The first-order valence-corrected chi connectivity index (χ1v) is 17.0. The first kappa shape index (κ1) is 31.7. The monoisotopic (exact) mass is 643 g/mol. The lowest BCUT2D eigenvalue weighted by Gasteiger charge is -2.42. The predicted molar refractivity (Wildman–Crippen MR) is 181 cm³/mol. The van der Waals surface area contributed by atoms with Crippen LogP contribution in [0.4, 0.5) is 16.0 Å². The van der Waals surface area contributed by atoms with Crippen molar-refractivity contribution in [1.82, 2.24) is 34.1 Å². The number of hydrogen-bond acceptors (Lipinski definition) is 8. The summed E-state index contributed by atoms with van der Waals surface area (Å²) in [6, 6.07) is 8.55. The molecule has 2 N–H and O–H groups in total. The van der Waals surface area contributed by atoms with Gasteiger partial charge in [-0.25, -0.2) is 14.4 Å². The number of piperazine rings is 1. The number of imidazole rings is 1. The molecule has 12 heteroatoms. The number of aryl methyl sites for hydroxylation is 2. The smallest absolute Gasteiger partial charge is 0.261 e. The number of aliphatic hydroxyl groups excluding tert-OH is 1. The zero-order valence-electron chi connectivity index (χ0n) is 27.9. The van der Waals surface area contributed by atoms with Gasteiger partial charge < -0.3 is 19.5 Å². The van der Waals surface area contributed by atoms with E-state index in [0.29, 0.717) is 36.1 Å². The standard InChI is InChI=1S/C35H46FN9O2/c1-22-19-28(32(36)33(38-22)29-21-37-42(4)23(29)2)34(47)40-35-39-30-20-26(7-10-31(30)45(35)25-5-8-27(46)9-6-25)43-13-11-24(12-14-43)44-17-15-41(3)16-18-44/h7,10,19-21,24-25,27,46H,5-6,8-9,11-18H2,1-4H3,(H,39,40,47). The van der Waals surface area contributed by atoms with Gasteiger partial charge in [0.25, 0.3) is 5.91 Å². The van der Waals surface area contributed by atoms with Crippen molar-refractivity contribution < 1.29 is 14.3 Å². The molecule has 7 rings (SSSR count). The van der Waals surface area contributed by atoms with Gasteiger partial charge in [-0.15, -0.1) is 0 Å². The van der Waals surface area contributed by atoms with Gasteiger partial charge in [-0.05, 0) is 83.7 Å². The molecule has 3 aromatic heterocycles. The van der Waals surface area contributed by atoms with Crippen LogP contribution in [0.15, 0.2) is 30.5 Å². The molecule has 0 spiro atoms. The molecule has 0 atom stereocenters. The van der Waals surface area contributed by atoms with E-state index >= 15 is 4.39 Å². The van der Waals surface area contributed by atoms with Gasteiger partial charge in [0, 0.05) is 81.0 Å². The average Bonchev–Trinajstić information content (AvgIpc) is 3.60. The maximum atomic E-state index is 16.0. The number of rotatable bonds is 6. The Balaban J connectivity index is 1.17. The number of halogens is 1. The number of carbonyl (C=O) groups excluding carboxylic acids is 1. The van der Waals surface area contributed by atoms with Gasteiger partial charge in [-0.2, -0.15) is 5.10 Å².